The summed E-state index contributed by atoms with van der Waals surface area (Å²) >= 11 is 0. The van der Waals surface area contributed by atoms with E-state index in [-0.39, 0.29) is 25.5 Å². The van der Waals surface area contributed by atoms with Gasteiger partial charge in [0.25, 0.3) is 0 Å². The number of anilines is 1. The number of benzene rings is 1. The summed E-state index contributed by atoms with van der Waals surface area (Å²) in [4.78, 5) is 47.7. The molecule has 148 valence electrons. The minimum absolute atomic E-state index is 0.152. The monoisotopic (exact) mass is 378 g/mol. The molecule has 1 rings (SSSR count). The summed E-state index contributed by atoms with van der Waals surface area (Å²) in [7, 11) is 0. The van der Waals surface area contributed by atoms with Gasteiger partial charge in [-0.1, -0.05) is 12.1 Å². The molecule has 0 aliphatic rings. The molecule has 0 radical (unpaired) electrons. The van der Waals surface area contributed by atoms with Crippen LogP contribution in [-0.2, 0) is 14.4 Å². The molecule has 4 N–H and O–H groups in total. The highest BCUT2D eigenvalue weighted by molar-refractivity contribution is 6.02. The molecule has 1 unspecified atom stereocenters. The largest absolute Gasteiger partial charge is 0.480 e. The van der Waals surface area contributed by atoms with Crippen LogP contribution < -0.4 is 16.0 Å². The first kappa shape index (κ1) is 22.1. The van der Waals surface area contributed by atoms with E-state index in [1.54, 1.807) is 12.1 Å². The Hall–Kier alpha value is -2.94. The lowest BCUT2D eigenvalue weighted by molar-refractivity contribution is -0.143. The first-order valence-electron chi connectivity index (χ1n) is 8.50. The number of rotatable bonds is 8. The van der Waals surface area contributed by atoms with Gasteiger partial charge in [0.15, 0.2) is 0 Å². The van der Waals surface area contributed by atoms with Crippen LogP contribution in [0.15, 0.2) is 18.2 Å². The second-order valence-electron chi connectivity index (χ2n) is 6.22. The molecule has 27 heavy (non-hydrogen) atoms. The van der Waals surface area contributed by atoms with E-state index >= 15 is 0 Å². The number of aliphatic carboxylic acids is 1. The predicted molar refractivity (Wildman–Crippen MR) is 100 cm³/mol. The van der Waals surface area contributed by atoms with Crippen LogP contribution >= 0.6 is 0 Å². The van der Waals surface area contributed by atoms with Crippen molar-refractivity contribution in [3.8, 4) is 0 Å². The minimum atomic E-state index is -1.11. The van der Waals surface area contributed by atoms with Gasteiger partial charge in [-0.2, -0.15) is 0 Å². The quantitative estimate of drug-likeness (QED) is 0.531. The van der Waals surface area contributed by atoms with Gasteiger partial charge in [-0.25, -0.2) is 4.79 Å². The van der Waals surface area contributed by atoms with Crippen LogP contribution in [0.4, 0.5) is 10.5 Å². The van der Waals surface area contributed by atoms with E-state index in [9.17, 15) is 19.2 Å². The number of urea groups is 1. The first-order valence-corrected chi connectivity index (χ1v) is 8.50. The zero-order valence-corrected chi connectivity index (χ0v) is 16.0. The molecule has 9 heteroatoms. The molecule has 0 heterocycles. The van der Waals surface area contributed by atoms with E-state index in [1.807, 2.05) is 19.9 Å². The Morgan fingerprint density at radius 1 is 1.19 bits per heavy atom. The highest BCUT2D eigenvalue weighted by atomic mass is 16.4. The van der Waals surface area contributed by atoms with Gasteiger partial charge >= 0.3 is 12.0 Å². The number of carboxylic acid groups (broad SMARTS) is 1. The predicted octanol–water partition coefficient (Wildman–Crippen LogP) is 0.863. The lowest BCUT2D eigenvalue weighted by Crippen LogP contribution is -2.49. The summed E-state index contributed by atoms with van der Waals surface area (Å²) in [6.45, 7) is 6.57. The van der Waals surface area contributed by atoms with Crippen LogP contribution in [0.1, 0.15) is 25.0 Å². The number of hydrogen-bond acceptors (Lipinski definition) is 5. The third-order valence-corrected chi connectivity index (χ3v) is 4.13. The smallest absolute Gasteiger partial charge is 0.325 e. The van der Waals surface area contributed by atoms with E-state index in [2.05, 4.69) is 16.0 Å². The van der Waals surface area contributed by atoms with Crippen molar-refractivity contribution in [2.75, 3.05) is 25.0 Å². The van der Waals surface area contributed by atoms with Crippen molar-refractivity contribution in [1.82, 2.24) is 15.5 Å². The van der Waals surface area contributed by atoms with Crippen LogP contribution in [0, 0.1) is 13.8 Å². The fourth-order valence-electron chi connectivity index (χ4n) is 2.33. The SMILES string of the molecule is CC(=O)NCCN(CC(=O)NC(=O)Nc1cccc(C)c1C)C(C)C(=O)O. The highest BCUT2D eigenvalue weighted by Gasteiger charge is 2.23. The van der Waals surface area contributed by atoms with Crippen LogP contribution in [-0.4, -0.2) is 59.5 Å². The van der Waals surface area contributed by atoms with Crippen LogP contribution in [0.5, 0.6) is 0 Å². The number of imide groups is 1. The summed E-state index contributed by atoms with van der Waals surface area (Å²) in [5.74, 6) is -2.01. The van der Waals surface area contributed by atoms with Crippen molar-refractivity contribution in [2.45, 2.75) is 33.7 Å². The summed E-state index contributed by atoms with van der Waals surface area (Å²) < 4.78 is 0. The molecule has 0 saturated carbocycles. The van der Waals surface area contributed by atoms with Crippen molar-refractivity contribution in [2.24, 2.45) is 0 Å². The Bertz CT molecular complexity index is 720. The number of aryl methyl sites for hydroxylation is 1. The minimum Gasteiger partial charge on any atom is -0.480 e. The normalized spacial score (nSPS) is 11.6. The number of amides is 4. The molecule has 0 aliphatic carbocycles. The maximum Gasteiger partial charge on any atom is 0.325 e. The third-order valence-electron chi connectivity index (χ3n) is 4.13. The van der Waals surface area contributed by atoms with E-state index in [1.165, 1.54) is 18.7 Å². The van der Waals surface area contributed by atoms with Gasteiger partial charge in [-0.3, -0.25) is 24.6 Å². The lowest BCUT2D eigenvalue weighted by atomic mass is 10.1. The lowest BCUT2D eigenvalue weighted by Gasteiger charge is -2.25. The third kappa shape index (κ3) is 7.45. The standard InChI is InChI=1S/C18H26N4O5/c1-11-6-5-7-15(12(11)2)20-18(27)21-16(24)10-22(13(3)17(25)26)9-8-19-14(4)23/h5-7,13H,8-10H2,1-4H3,(H,19,23)(H,25,26)(H2,20,21,24,27). The molecule has 9 nitrogen and oxygen atoms in total. The van der Waals surface area contributed by atoms with Gasteiger partial charge in [-0.15, -0.1) is 0 Å². The van der Waals surface area contributed by atoms with Gasteiger partial charge in [0.05, 0.1) is 6.54 Å². The van der Waals surface area contributed by atoms with Gasteiger partial charge in [0.1, 0.15) is 6.04 Å². The molecule has 1 aromatic carbocycles. The van der Waals surface area contributed by atoms with Crippen LogP contribution in [0.3, 0.4) is 0 Å². The number of nitrogens with one attached hydrogen (secondary N) is 3. The number of carbonyl (C=O) groups excluding carboxylic acids is 3. The van der Waals surface area contributed by atoms with Gasteiger partial charge in [0, 0.05) is 25.7 Å². The van der Waals surface area contributed by atoms with Crippen LogP contribution in [0.25, 0.3) is 0 Å². The van der Waals surface area contributed by atoms with Crippen molar-refractivity contribution in [3.63, 3.8) is 0 Å². The molecule has 0 fully saturated rings. The molecule has 4 amide bonds. The van der Waals surface area contributed by atoms with Crippen LogP contribution in [0.2, 0.25) is 0 Å². The highest BCUT2D eigenvalue weighted by Crippen LogP contribution is 2.17. The second kappa shape index (κ2) is 10.3. The average molecular weight is 378 g/mol. The average Bonchev–Trinajstić information content (AvgIpc) is 2.56. The zero-order valence-electron chi connectivity index (χ0n) is 16.0. The summed E-state index contributed by atoms with van der Waals surface area (Å²) in [5.41, 5.74) is 2.47. The molecule has 0 saturated heterocycles. The summed E-state index contributed by atoms with van der Waals surface area (Å²) in [5, 5.41) is 16.5. The Balaban J connectivity index is 2.66. The van der Waals surface area contributed by atoms with E-state index in [0.29, 0.717) is 5.69 Å². The molecule has 0 aliphatic heterocycles. The first-order chi connectivity index (χ1) is 12.6. The Kier molecular flexibility index (Phi) is 8.40. The Morgan fingerprint density at radius 2 is 1.85 bits per heavy atom. The fourth-order valence-corrected chi connectivity index (χ4v) is 2.33. The van der Waals surface area contributed by atoms with Crippen molar-refractivity contribution >= 4 is 29.5 Å². The van der Waals surface area contributed by atoms with Crippen molar-refractivity contribution in [1.29, 1.82) is 0 Å². The number of carboxylic acids is 1. The molecular weight excluding hydrogens is 352 g/mol. The molecule has 0 bridgehead atoms. The van der Waals surface area contributed by atoms with E-state index in [4.69, 9.17) is 5.11 Å². The molecule has 0 aromatic heterocycles. The Labute approximate surface area is 158 Å². The molecule has 0 spiro atoms. The molecular formula is C18H26N4O5. The van der Waals surface area contributed by atoms with E-state index < -0.39 is 23.9 Å². The number of nitrogens with zero attached hydrogens (tertiary/aromatic N) is 1. The maximum absolute atomic E-state index is 12.1. The van der Waals surface area contributed by atoms with E-state index in [0.717, 1.165) is 11.1 Å². The molecule has 1 aromatic rings. The summed E-state index contributed by atoms with van der Waals surface area (Å²) in [6, 6.07) is 3.77. The van der Waals surface area contributed by atoms with Gasteiger partial charge in [0.2, 0.25) is 11.8 Å². The second-order valence-corrected chi connectivity index (χ2v) is 6.22. The number of carbonyl (C=O) groups is 4. The van der Waals surface area contributed by atoms with Crippen molar-refractivity contribution in [3.05, 3.63) is 29.3 Å². The summed E-state index contributed by atoms with van der Waals surface area (Å²) in [6.07, 6.45) is 0. The van der Waals surface area contributed by atoms with Gasteiger partial charge in [-0.05, 0) is 38.0 Å². The van der Waals surface area contributed by atoms with Gasteiger partial charge < -0.3 is 15.7 Å². The fraction of sp³-hybridized carbons (Fsp3) is 0.444. The number of hydrogen-bond donors (Lipinski definition) is 4. The maximum atomic E-state index is 12.1. The van der Waals surface area contributed by atoms with Crippen molar-refractivity contribution < 1.29 is 24.3 Å². The zero-order chi connectivity index (χ0) is 20.6. The topological polar surface area (TPSA) is 128 Å². The Morgan fingerprint density at radius 3 is 2.44 bits per heavy atom. The molecule has 1 atom stereocenters.